The number of rotatable bonds is 6. The highest BCUT2D eigenvalue weighted by molar-refractivity contribution is 6.46. The minimum Gasteiger partial charge on any atom is -0.507 e. The zero-order valence-corrected chi connectivity index (χ0v) is 18.9. The van der Waals surface area contributed by atoms with E-state index in [9.17, 15) is 14.7 Å². The van der Waals surface area contributed by atoms with Crippen LogP contribution in [0, 0.1) is 6.92 Å². The molecule has 1 amide bonds. The van der Waals surface area contributed by atoms with E-state index in [1.807, 2.05) is 43.5 Å². The Bertz CT molecular complexity index is 1410. The number of Topliss-reactive ketones (excluding diaryl/α,β-unsaturated/α-hetero) is 1. The summed E-state index contributed by atoms with van der Waals surface area (Å²) in [7, 11) is 1.49. The number of nitrogens with one attached hydrogen (secondary N) is 1. The van der Waals surface area contributed by atoms with E-state index in [1.165, 1.54) is 18.3 Å². The second-order valence-electron chi connectivity index (χ2n) is 8.32. The van der Waals surface area contributed by atoms with Crippen LogP contribution in [0.5, 0.6) is 5.75 Å². The number of hydrogen-bond donors (Lipinski definition) is 2. The predicted octanol–water partition coefficient (Wildman–Crippen LogP) is 4.74. The van der Waals surface area contributed by atoms with Gasteiger partial charge in [0.2, 0.25) is 0 Å². The molecule has 34 heavy (non-hydrogen) atoms. The number of fused-ring (bicyclic) bond motifs is 1. The van der Waals surface area contributed by atoms with Crippen molar-refractivity contribution in [2.75, 3.05) is 13.7 Å². The van der Waals surface area contributed by atoms with Crippen LogP contribution in [-0.4, -0.2) is 40.3 Å². The van der Waals surface area contributed by atoms with Gasteiger partial charge in [-0.25, -0.2) is 0 Å². The van der Waals surface area contributed by atoms with Crippen molar-refractivity contribution in [2.45, 2.75) is 19.4 Å². The third-order valence-electron chi connectivity index (χ3n) is 6.26. The van der Waals surface area contributed by atoms with E-state index in [2.05, 4.69) is 4.98 Å². The van der Waals surface area contributed by atoms with Gasteiger partial charge in [0, 0.05) is 23.6 Å². The minimum absolute atomic E-state index is 0.0113. The molecule has 0 radical (unpaired) electrons. The molecule has 1 unspecified atom stereocenters. The maximum atomic E-state index is 13.2. The number of para-hydroxylation sites is 1. The fourth-order valence-corrected chi connectivity index (χ4v) is 4.58. The number of benzene rings is 2. The van der Waals surface area contributed by atoms with Gasteiger partial charge in [0.1, 0.15) is 23.3 Å². The van der Waals surface area contributed by atoms with Crippen molar-refractivity contribution < 1.29 is 23.8 Å². The molecular weight excluding hydrogens is 432 g/mol. The summed E-state index contributed by atoms with van der Waals surface area (Å²) >= 11 is 0. The van der Waals surface area contributed by atoms with Gasteiger partial charge in [-0.1, -0.05) is 29.8 Å². The molecule has 2 aromatic heterocycles. The number of aliphatic hydroxyl groups excluding tert-OH is 1. The fraction of sp³-hybridized carbons (Fsp3) is 0.185. The van der Waals surface area contributed by atoms with Crippen molar-refractivity contribution in [1.82, 2.24) is 9.88 Å². The van der Waals surface area contributed by atoms with Crippen LogP contribution in [-0.2, 0) is 16.0 Å². The van der Waals surface area contributed by atoms with E-state index >= 15 is 0 Å². The molecule has 0 saturated carbocycles. The van der Waals surface area contributed by atoms with Crippen molar-refractivity contribution in [3.05, 3.63) is 95.1 Å². The van der Waals surface area contributed by atoms with Crippen molar-refractivity contribution in [2.24, 2.45) is 0 Å². The van der Waals surface area contributed by atoms with Crippen molar-refractivity contribution in [3.8, 4) is 5.75 Å². The molecule has 1 fully saturated rings. The predicted molar refractivity (Wildman–Crippen MR) is 127 cm³/mol. The Morgan fingerprint density at radius 1 is 1.15 bits per heavy atom. The molecule has 4 aromatic rings. The first kappa shape index (κ1) is 21.6. The van der Waals surface area contributed by atoms with E-state index in [1.54, 1.807) is 24.3 Å². The molecule has 7 heteroatoms. The number of carbonyl (C=O) groups is 2. The first-order valence-corrected chi connectivity index (χ1v) is 11.0. The van der Waals surface area contributed by atoms with Gasteiger partial charge in [-0.3, -0.25) is 9.59 Å². The number of hydrogen-bond acceptors (Lipinski definition) is 5. The van der Waals surface area contributed by atoms with Crippen LogP contribution < -0.4 is 4.74 Å². The van der Waals surface area contributed by atoms with Crippen molar-refractivity contribution in [3.63, 3.8) is 0 Å². The van der Waals surface area contributed by atoms with E-state index in [0.717, 1.165) is 22.0 Å². The molecule has 3 heterocycles. The average molecular weight is 456 g/mol. The Balaban J connectivity index is 1.57. The lowest BCUT2D eigenvalue weighted by Gasteiger charge is -2.23. The molecule has 1 aliphatic heterocycles. The van der Waals surface area contributed by atoms with Crippen molar-refractivity contribution >= 4 is 28.4 Å². The summed E-state index contributed by atoms with van der Waals surface area (Å²) < 4.78 is 11.0. The summed E-state index contributed by atoms with van der Waals surface area (Å²) in [6.07, 6.45) is 3.94. The zero-order valence-electron chi connectivity index (χ0n) is 18.9. The van der Waals surface area contributed by atoms with Crippen LogP contribution in [0.15, 0.2) is 77.0 Å². The summed E-state index contributed by atoms with van der Waals surface area (Å²) in [6, 6.07) is 15.8. The molecule has 7 nitrogen and oxygen atoms in total. The number of nitrogens with zero attached hydrogens (tertiary/aromatic N) is 1. The van der Waals surface area contributed by atoms with Gasteiger partial charge in [-0.15, -0.1) is 0 Å². The number of aryl methyl sites for hydroxylation is 1. The van der Waals surface area contributed by atoms with Gasteiger partial charge >= 0.3 is 0 Å². The van der Waals surface area contributed by atoms with Gasteiger partial charge in [-0.2, -0.15) is 0 Å². The van der Waals surface area contributed by atoms with Crippen LogP contribution >= 0.6 is 0 Å². The summed E-state index contributed by atoms with van der Waals surface area (Å²) in [5, 5.41) is 12.3. The normalized spacial score (nSPS) is 17.6. The maximum absolute atomic E-state index is 13.2. The van der Waals surface area contributed by atoms with Crippen LogP contribution in [0.4, 0.5) is 0 Å². The van der Waals surface area contributed by atoms with Gasteiger partial charge in [0.25, 0.3) is 11.7 Å². The molecule has 5 rings (SSSR count). The number of aromatic nitrogens is 1. The molecule has 2 aromatic carbocycles. The Kier molecular flexibility index (Phi) is 5.45. The highest BCUT2D eigenvalue weighted by Gasteiger charge is 2.47. The number of H-pyrrole nitrogens is 1. The Labute approximate surface area is 196 Å². The van der Waals surface area contributed by atoms with E-state index in [0.29, 0.717) is 23.5 Å². The number of furan rings is 1. The third-order valence-corrected chi connectivity index (χ3v) is 6.26. The lowest BCUT2D eigenvalue weighted by molar-refractivity contribution is -0.140. The number of aromatic amines is 1. The topological polar surface area (TPSA) is 95.8 Å². The van der Waals surface area contributed by atoms with Crippen LogP contribution in [0.1, 0.15) is 28.5 Å². The molecular formula is C27H24N2O5. The van der Waals surface area contributed by atoms with Crippen LogP contribution in [0.2, 0.25) is 0 Å². The largest absolute Gasteiger partial charge is 0.507 e. The number of likely N-dealkylation sites (tertiary alicyclic amines) is 1. The Hall–Kier alpha value is -4.26. The number of ether oxygens (including phenoxy) is 1. The van der Waals surface area contributed by atoms with Crippen LogP contribution in [0.25, 0.3) is 16.7 Å². The number of aliphatic hydroxyl groups is 1. The van der Waals surface area contributed by atoms with Gasteiger partial charge in [0.15, 0.2) is 0 Å². The summed E-state index contributed by atoms with van der Waals surface area (Å²) in [6.45, 7) is 2.15. The third kappa shape index (κ3) is 3.55. The number of ketones is 1. The van der Waals surface area contributed by atoms with E-state index < -0.39 is 17.7 Å². The first-order chi connectivity index (χ1) is 16.5. The first-order valence-electron chi connectivity index (χ1n) is 11.0. The molecule has 1 saturated heterocycles. The number of carbonyl (C=O) groups excluding carboxylic acids is 2. The lowest BCUT2D eigenvalue weighted by Crippen LogP contribution is -2.31. The molecule has 0 bridgehead atoms. The van der Waals surface area contributed by atoms with Crippen LogP contribution in [0.3, 0.4) is 0 Å². The second-order valence-corrected chi connectivity index (χ2v) is 8.32. The monoisotopic (exact) mass is 456 g/mol. The summed E-state index contributed by atoms with van der Waals surface area (Å²) in [5.41, 5.74) is 3.27. The summed E-state index contributed by atoms with van der Waals surface area (Å²) in [5.74, 6) is -0.886. The van der Waals surface area contributed by atoms with Gasteiger partial charge in [0.05, 0.1) is 24.5 Å². The fourth-order valence-electron chi connectivity index (χ4n) is 4.58. The SMILES string of the molecule is COc1ccc(C)cc1/C(O)=C1/C(=O)C(=O)N(CCc2c[nH]c3ccccc23)C1c1ccco1. The molecule has 0 spiro atoms. The van der Waals surface area contributed by atoms with Crippen molar-refractivity contribution in [1.29, 1.82) is 0 Å². The molecule has 1 aliphatic rings. The molecule has 2 N–H and O–H groups in total. The quantitative estimate of drug-likeness (QED) is 0.248. The number of amides is 1. The Morgan fingerprint density at radius 2 is 1.97 bits per heavy atom. The van der Waals surface area contributed by atoms with E-state index in [-0.39, 0.29) is 17.9 Å². The highest BCUT2D eigenvalue weighted by Crippen LogP contribution is 2.41. The zero-order chi connectivity index (χ0) is 23.8. The molecule has 0 aliphatic carbocycles. The second kappa shape index (κ2) is 8.59. The lowest BCUT2D eigenvalue weighted by atomic mass is 9.97. The maximum Gasteiger partial charge on any atom is 0.295 e. The minimum atomic E-state index is -0.842. The molecule has 172 valence electrons. The van der Waals surface area contributed by atoms with Gasteiger partial charge in [-0.05, 0) is 49.2 Å². The Morgan fingerprint density at radius 3 is 2.74 bits per heavy atom. The smallest absolute Gasteiger partial charge is 0.295 e. The molecule has 1 atom stereocenters. The highest BCUT2D eigenvalue weighted by atomic mass is 16.5. The number of methoxy groups -OCH3 is 1. The average Bonchev–Trinajstić information content (AvgIpc) is 3.57. The van der Waals surface area contributed by atoms with Gasteiger partial charge < -0.3 is 24.1 Å². The summed E-state index contributed by atoms with van der Waals surface area (Å²) in [4.78, 5) is 31.1. The van der Waals surface area contributed by atoms with E-state index in [4.69, 9.17) is 9.15 Å². The standard InChI is InChI=1S/C27H24N2O5/c1-16-9-10-21(33-2)19(14-16)25(30)23-24(22-8-5-13-34-22)29(27(32)26(23)31)12-11-17-15-28-20-7-4-3-6-18(17)20/h3-10,13-15,24,28,30H,11-12H2,1-2H3/b25-23-.